The molecule has 4 aromatic rings. The van der Waals surface area contributed by atoms with Crippen LogP contribution < -0.4 is 4.74 Å². The predicted octanol–water partition coefficient (Wildman–Crippen LogP) is 5.52. The molecule has 166 valence electrons. The summed E-state index contributed by atoms with van der Waals surface area (Å²) in [5.74, 6) is 1.24. The summed E-state index contributed by atoms with van der Waals surface area (Å²) in [7, 11) is 0. The van der Waals surface area contributed by atoms with E-state index in [0.717, 1.165) is 22.4 Å². The van der Waals surface area contributed by atoms with Gasteiger partial charge in [0, 0.05) is 5.56 Å². The van der Waals surface area contributed by atoms with E-state index in [1.807, 2.05) is 55.5 Å². The number of carbonyl (C=O) groups is 1. The lowest BCUT2D eigenvalue weighted by Gasteiger charge is -2.17. The smallest absolute Gasteiger partial charge is 0.210 e. The second-order valence-corrected chi connectivity index (χ2v) is 8.90. The van der Waals surface area contributed by atoms with Gasteiger partial charge in [0.1, 0.15) is 23.3 Å². The van der Waals surface area contributed by atoms with Gasteiger partial charge >= 0.3 is 0 Å². The van der Waals surface area contributed by atoms with Gasteiger partial charge in [-0.25, -0.2) is 9.50 Å². The third-order valence-corrected chi connectivity index (χ3v) is 5.74. The molecule has 5 rings (SSSR count). The number of ether oxygens (including phenoxy) is 2. The van der Waals surface area contributed by atoms with Crippen LogP contribution in [0.2, 0.25) is 5.15 Å². The van der Waals surface area contributed by atoms with Gasteiger partial charge in [-0.2, -0.15) is 5.10 Å². The highest BCUT2D eigenvalue weighted by Gasteiger charge is 2.42. The molecule has 0 radical (unpaired) electrons. The molecule has 1 aliphatic heterocycles. The fraction of sp³-hybridized carbons (Fsp3) is 0.192. The Kier molecular flexibility index (Phi) is 5.17. The zero-order valence-corrected chi connectivity index (χ0v) is 19.3. The molecule has 0 unspecified atom stereocenters. The highest BCUT2D eigenvalue weighted by Crippen LogP contribution is 2.41. The van der Waals surface area contributed by atoms with Gasteiger partial charge in [0.2, 0.25) is 5.78 Å². The number of hydrogen-bond acceptors (Lipinski definition) is 5. The Hall–Kier alpha value is -3.64. The third kappa shape index (κ3) is 4.10. The van der Waals surface area contributed by atoms with Crippen LogP contribution in [0.15, 0.2) is 66.9 Å². The summed E-state index contributed by atoms with van der Waals surface area (Å²) in [6.07, 6.45) is 1.78. The Bertz CT molecular complexity index is 1390. The van der Waals surface area contributed by atoms with E-state index < -0.39 is 5.60 Å². The first-order chi connectivity index (χ1) is 15.8. The molecule has 2 aromatic carbocycles. The minimum Gasteiger partial charge on any atom is -0.487 e. The summed E-state index contributed by atoms with van der Waals surface area (Å²) < 4.78 is 13.6. The minimum atomic E-state index is -0.912. The first-order valence-electron chi connectivity index (χ1n) is 10.6. The molecule has 0 N–H and O–H groups in total. The number of aromatic nitrogens is 3. The number of Topliss-reactive ketones (excluding diaryl/α,β-unsaturated/α-hetero) is 1. The number of fused-ring (bicyclic) bond motifs is 1. The second-order valence-electron chi connectivity index (χ2n) is 8.52. The van der Waals surface area contributed by atoms with E-state index >= 15 is 0 Å². The van der Waals surface area contributed by atoms with E-state index in [1.54, 1.807) is 36.7 Å². The lowest BCUT2D eigenvalue weighted by molar-refractivity contribution is -0.125. The van der Waals surface area contributed by atoms with Crippen molar-refractivity contribution in [1.82, 2.24) is 14.6 Å². The summed E-state index contributed by atoms with van der Waals surface area (Å²) in [6, 6.07) is 18.9. The minimum absolute atomic E-state index is 0.0393. The van der Waals surface area contributed by atoms with Crippen LogP contribution in [-0.2, 0) is 16.1 Å². The number of imidazole rings is 1. The van der Waals surface area contributed by atoms with Crippen LogP contribution in [-0.4, -0.2) is 26.0 Å². The predicted molar refractivity (Wildman–Crippen MR) is 127 cm³/mol. The number of halogens is 1. The van der Waals surface area contributed by atoms with Gasteiger partial charge in [0.05, 0.1) is 17.5 Å². The number of nitrogens with zero attached hydrogens (tertiary/aromatic N) is 3. The lowest BCUT2D eigenvalue weighted by Crippen LogP contribution is -2.29. The molecule has 0 fully saturated rings. The molecule has 2 aromatic heterocycles. The molecule has 0 saturated heterocycles. The summed E-state index contributed by atoms with van der Waals surface area (Å²) in [5, 5.41) is 4.58. The monoisotopic (exact) mass is 459 g/mol. The maximum Gasteiger partial charge on any atom is 0.210 e. The van der Waals surface area contributed by atoms with E-state index in [4.69, 9.17) is 21.1 Å². The van der Waals surface area contributed by atoms with E-state index in [0.29, 0.717) is 27.9 Å². The molecule has 33 heavy (non-hydrogen) atoms. The summed E-state index contributed by atoms with van der Waals surface area (Å²) in [5.41, 5.74) is 3.93. The van der Waals surface area contributed by atoms with Crippen molar-refractivity contribution < 1.29 is 14.3 Å². The fourth-order valence-electron chi connectivity index (χ4n) is 3.78. The molecule has 0 bridgehead atoms. The van der Waals surface area contributed by atoms with Gasteiger partial charge in [-0.1, -0.05) is 53.6 Å². The second kappa shape index (κ2) is 8.05. The van der Waals surface area contributed by atoms with E-state index in [1.165, 1.54) is 0 Å². The van der Waals surface area contributed by atoms with Crippen LogP contribution in [0.1, 0.15) is 36.2 Å². The van der Waals surface area contributed by atoms with Gasteiger partial charge < -0.3 is 9.47 Å². The number of rotatable bonds is 5. The maximum absolute atomic E-state index is 13.1. The number of carbonyl (C=O) groups excluding carboxylic acids is 1. The van der Waals surface area contributed by atoms with Crippen LogP contribution in [0.25, 0.3) is 17.0 Å². The topological polar surface area (TPSA) is 65.7 Å². The molecule has 0 aliphatic carbocycles. The maximum atomic E-state index is 13.1. The molecule has 0 atom stereocenters. The number of benzene rings is 2. The number of hydrogen-bond donors (Lipinski definition) is 0. The van der Waals surface area contributed by atoms with Gasteiger partial charge in [-0.05, 0) is 50.6 Å². The lowest BCUT2D eigenvalue weighted by atomic mass is 9.92. The van der Waals surface area contributed by atoms with Gasteiger partial charge in [-0.3, -0.25) is 4.79 Å². The molecular weight excluding hydrogens is 438 g/mol. The first-order valence-corrected chi connectivity index (χ1v) is 11.0. The summed E-state index contributed by atoms with van der Waals surface area (Å²) in [4.78, 5) is 17.6. The zero-order chi connectivity index (χ0) is 23.2. The van der Waals surface area contributed by atoms with Crippen LogP contribution in [0.3, 0.4) is 0 Å². The molecule has 1 aliphatic rings. The van der Waals surface area contributed by atoms with Crippen molar-refractivity contribution in [2.45, 2.75) is 33.0 Å². The number of ketones is 1. The molecule has 0 saturated carbocycles. The highest BCUT2D eigenvalue weighted by molar-refractivity contribution is 6.32. The van der Waals surface area contributed by atoms with Crippen molar-refractivity contribution in [2.24, 2.45) is 0 Å². The Labute approximate surface area is 196 Å². The Morgan fingerprint density at radius 3 is 2.42 bits per heavy atom. The van der Waals surface area contributed by atoms with E-state index in [9.17, 15) is 4.79 Å². The van der Waals surface area contributed by atoms with Crippen molar-refractivity contribution in [1.29, 1.82) is 0 Å². The van der Waals surface area contributed by atoms with Crippen molar-refractivity contribution in [2.75, 3.05) is 0 Å². The van der Waals surface area contributed by atoms with E-state index in [2.05, 4.69) is 10.1 Å². The van der Waals surface area contributed by atoms with Crippen molar-refractivity contribution in [3.8, 4) is 5.75 Å². The molecule has 0 amide bonds. The zero-order valence-electron chi connectivity index (χ0n) is 18.5. The quantitative estimate of drug-likeness (QED) is 0.393. The first kappa shape index (κ1) is 21.2. The fourth-order valence-corrected chi connectivity index (χ4v) is 3.92. The highest BCUT2D eigenvalue weighted by atomic mass is 35.5. The Balaban J connectivity index is 1.39. The number of aryl methyl sites for hydroxylation is 1. The standard InChI is InChI=1S/C26H22ClN3O3/c1-16-4-6-18(7-5-16)24-23(25(31)26(2,3)33-24)17-8-10-20(11-9-17)32-15-19-14-30-22(28-19)13-12-21(27)29-30/h4-14H,15H2,1-3H3. The SMILES string of the molecule is Cc1ccc(C2=C(c3ccc(OCc4cn5nc(Cl)ccc5n4)cc3)C(=O)C(C)(C)O2)cc1. The van der Waals surface area contributed by atoms with Crippen LogP contribution in [0.5, 0.6) is 5.75 Å². The average molecular weight is 460 g/mol. The summed E-state index contributed by atoms with van der Waals surface area (Å²) in [6.45, 7) is 5.91. The van der Waals surface area contributed by atoms with Crippen LogP contribution in [0.4, 0.5) is 0 Å². The van der Waals surface area contributed by atoms with Gasteiger partial charge in [0.15, 0.2) is 11.2 Å². The van der Waals surface area contributed by atoms with Crippen molar-refractivity contribution in [3.05, 3.63) is 94.4 Å². The van der Waals surface area contributed by atoms with Crippen molar-refractivity contribution in [3.63, 3.8) is 0 Å². The molecule has 3 heterocycles. The van der Waals surface area contributed by atoms with Gasteiger partial charge in [0.25, 0.3) is 0 Å². The molecule has 0 spiro atoms. The summed E-state index contributed by atoms with van der Waals surface area (Å²) >= 11 is 5.93. The largest absolute Gasteiger partial charge is 0.487 e. The third-order valence-electron chi connectivity index (χ3n) is 5.54. The van der Waals surface area contributed by atoms with Crippen molar-refractivity contribution >= 4 is 34.4 Å². The Morgan fingerprint density at radius 1 is 1.00 bits per heavy atom. The molecule has 7 heteroatoms. The van der Waals surface area contributed by atoms with Crippen LogP contribution >= 0.6 is 11.6 Å². The average Bonchev–Trinajstić information content (AvgIpc) is 3.30. The van der Waals surface area contributed by atoms with E-state index in [-0.39, 0.29) is 12.4 Å². The van der Waals surface area contributed by atoms with Crippen LogP contribution in [0, 0.1) is 6.92 Å². The van der Waals surface area contributed by atoms with Gasteiger partial charge in [-0.15, -0.1) is 0 Å². The molecular formula is C26H22ClN3O3. The molecule has 6 nitrogen and oxygen atoms in total. The Morgan fingerprint density at radius 2 is 1.70 bits per heavy atom. The normalized spacial score (nSPS) is 15.2.